The smallest absolute Gasteiger partial charge is 0.0902 e. The van der Waals surface area contributed by atoms with Crippen molar-refractivity contribution < 1.29 is 4.39 Å². The van der Waals surface area contributed by atoms with Gasteiger partial charge in [-0.2, -0.15) is 0 Å². The number of nitrogen functional groups attached to an aromatic ring is 1. The predicted molar refractivity (Wildman–Crippen MR) is 52.2 cm³/mol. The number of hydrogen-bond donors (Lipinski definition) is 1. The molecule has 0 atom stereocenters. The zero-order valence-corrected chi connectivity index (χ0v) is 7.61. The van der Waals surface area contributed by atoms with Crippen molar-refractivity contribution in [2.75, 3.05) is 18.2 Å². The maximum atomic E-state index is 11.7. The van der Waals surface area contributed by atoms with Crippen molar-refractivity contribution >= 4 is 17.4 Å². The fourth-order valence-corrected chi connectivity index (χ4v) is 1.73. The number of anilines is 1. The second-order valence-electron chi connectivity index (χ2n) is 2.46. The van der Waals surface area contributed by atoms with Crippen molar-refractivity contribution in [3.8, 4) is 0 Å². The lowest BCUT2D eigenvalue weighted by Crippen LogP contribution is -1.85. The van der Waals surface area contributed by atoms with Crippen LogP contribution in [0.3, 0.4) is 0 Å². The third-order valence-corrected chi connectivity index (χ3v) is 2.48. The Kier molecular flexibility index (Phi) is 3.94. The van der Waals surface area contributed by atoms with Crippen LogP contribution in [0, 0.1) is 0 Å². The lowest BCUT2D eigenvalue weighted by atomic mass is 10.3. The molecule has 1 aromatic carbocycles. The minimum Gasteiger partial charge on any atom is -0.399 e. The van der Waals surface area contributed by atoms with Crippen molar-refractivity contribution in [3.63, 3.8) is 0 Å². The van der Waals surface area contributed by atoms with Crippen LogP contribution in [-0.4, -0.2) is 12.4 Å². The zero-order valence-electron chi connectivity index (χ0n) is 6.79. The molecular weight excluding hydrogens is 173 g/mol. The van der Waals surface area contributed by atoms with Gasteiger partial charge in [-0.15, -0.1) is 11.8 Å². The monoisotopic (exact) mass is 185 g/mol. The van der Waals surface area contributed by atoms with E-state index in [-0.39, 0.29) is 6.67 Å². The summed E-state index contributed by atoms with van der Waals surface area (Å²) >= 11 is 1.64. The second kappa shape index (κ2) is 5.04. The van der Waals surface area contributed by atoms with Crippen LogP contribution in [0.5, 0.6) is 0 Å². The SMILES string of the molecule is Nc1cccc(SCCCF)c1. The van der Waals surface area contributed by atoms with Crippen LogP contribution in [-0.2, 0) is 0 Å². The third kappa shape index (κ3) is 3.13. The normalized spacial score (nSPS) is 10.1. The summed E-state index contributed by atoms with van der Waals surface area (Å²) < 4.78 is 11.7. The number of halogens is 1. The molecule has 12 heavy (non-hydrogen) atoms. The molecule has 0 fully saturated rings. The molecule has 0 unspecified atom stereocenters. The highest BCUT2D eigenvalue weighted by Gasteiger charge is 1.93. The Morgan fingerprint density at radius 1 is 1.42 bits per heavy atom. The largest absolute Gasteiger partial charge is 0.399 e. The molecule has 0 saturated carbocycles. The third-order valence-electron chi connectivity index (χ3n) is 1.40. The molecule has 2 N–H and O–H groups in total. The molecule has 0 amide bonds. The van der Waals surface area contributed by atoms with Crippen LogP contribution < -0.4 is 5.73 Å². The summed E-state index contributed by atoms with van der Waals surface area (Å²) in [5.41, 5.74) is 6.34. The first-order valence-corrected chi connectivity index (χ1v) is 4.86. The fourth-order valence-electron chi connectivity index (χ4n) is 0.849. The summed E-state index contributed by atoms with van der Waals surface area (Å²) in [6.45, 7) is -0.241. The number of thioether (sulfide) groups is 1. The first-order valence-electron chi connectivity index (χ1n) is 3.87. The molecule has 1 aromatic rings. The van der Waals surface area contributed by atoms with Gasteiger partial charge in [0, 0.05) is 16.3 Å². The molecule has 0 aliphatic heterocycles. The minimum atomic E-state index is -0.241. The average Bonchev–Trinajstić information content (AvgIpc) is 2.05. The second-order valence-corrected chi connectivity index (χ2v) is 3.63. The molecule has 0 saturated heterocycles. The van der Waals surface area contributed by atoms with Gasteiger partial charge in [-0.1, -0.05) is 6.07 Å². The summed E-state index contributed by atoms with van der Waals surface area (Å²) in [5, 5.41) is 0. The number of benzene rings is 1. The predicted octanol–water partition coefficient (Wildman–Crippen LogP) is 2.72. The quantitative estimate of drug-likeness (QED) is 0.443. The first kappa shape index (κ1) is 9.39. The summed E-state index contributed by atoms with van der Waals surface area (Å²) in [6.07, 6.45) is 0.611. The van der Waals surface area contributed by atoms with Crippen molar-refractivity contribution in [2.45, 2.75) is 11.3 Å². The molecule has 0 heterocycles. The molecule has 0 spiro atoms. The molecule has 0 radical (unpaired) electrons. The summed E-state index contributed by atoms with van der Waals surface area (Å²) in [4.78, 5) is 1.11. The van der Waals surface area contributed by atoms with Gasteiger partial charge in [0.05, 0.1) is 6.67 Å². The van der Waals surface area contributed by atoms with E-state index in [4.69, 9.17) is 5.73 Å². The minimum absolute atomic E-state index is 0.241. The lowest BCUT2D eigenvalue weighted by molar-refractivity contribution is 0.489. The standard InChI is InChI=1S/C9H12FNS/c10-5-2-6-12-9-4-1-3-8(11)7-9/h1,3-4,7H,2,5-6,11H2. The van der Waals surface area contributed by atoms with Crippen LogP contribution in [0.25, 0.3) is 0 Å². The Hall–Kier alpha value is -0.700. The van der Waals surface area contributed by atoms with Gasteiger partial charge in [-0.25, -0.2) is 0 Å². The van der Waals surface area contributed by atoms with Crippen LogP contribution in [0.1, 0.15) is 6.42 Å². The average molecular weight is 185 g/mol. The van der Waals surface area contributed by atoms with Gasteiger partial charge in [0.15, 0.2) is 0 Å². The van der Waals surface area contributed by atoms with Crippen molar-refractivity contribution in [1.82, 2.24) is 0 Å². The van der Waals surface area contributed by atoms with Gasteiger partial charge in [0.25, 0.3) is 0 Å². The molecule has 66 valence electrons. The molecule has 3 heteroatoms. The van der Waals surface area contributed by atoms with Crippen LogP contribution in [0.2, 0.25) is 0 Å². The molecule has 0 bridgehead atoms. The Labute approximate surface area is 76.2 Å². The van der Waals surface area contributed by atoms with E-state index in [0.717, 1.165) is 16.3 Å². The van der Waals surface area contributed by atoms with Crippen molar-refractivity contribution in [3.05, 3.63) is 24.3 Å². The van der Waals surface area contributed by atoms with Gasteiger partial charge in [0.2, 0.25) is 0 Å². The first-order chi connectivity index (χ1) is 5.83. The Balaban J connectivity index is 2.41. The van der Waals surface area contributed by atoms with Gasteiger partial charge in [-0.3, -0.25) is 4.39 Å². The van der Waals surface area contributed by atoms with E-state index >= 15 is 0 Å². The van der Waals surface area contributed by atoms with E-state index in [9.17, 15) is 4.39 Å². The number of rotatable bonds is 4. The highest BCUT2D eigenvalue weighted by molar-refractivity contribution is 7.99. The van der Waals surface area contributed by atoms with E-state index in [1.807, 2.05) is 24.3 Å². The zero-order chi connectivity index (χ0) is 8.81. The van der Waals surface area contributed by atoms with Crippen molar-refractivity contribution in [2.24, 2.45) is 0 Å². The highest BCUT2D eigenvalue weighted by Crippen LogP contribution is 2.20. The van der Waals surface area contributed by atoms with Crippen molar-refractivity contribution in [1.29, 1.82) is 0 Å². The van der Waals surface area contributed by atoms with Crippen LogP contribution in [0.4, 0.5) is 10.1 Å². The molecular formula is C9H12FNS. The number of hydrogen-bond acceptors (Lipinski definition) is 2. The highest BCUT2D eigenvalue weighted by atomic mass is 32.2. The maximum Gasteiger partial charge on any atom is 0.0902 e. The van der Waals surface area contributed by atoms with Crippen LogP contribution in [0.15, 0.2) is 29.2 Å². The maximum absolute atomic E-state index is 11.7. The molecule has 0 aliphatic carbocycles. The lowest BCUT2D eigenvalue weighted by Gasteiger charge is -2.00. The van der Waals surface area contributed by atoms with E-state index in [1.165, 1.54) is 0 Å². The molecule has 1 nitrogen and oxygen atoms in total. The summed E-state index contributed by atoms with van der Waals surface area (Å²) in [6, 6.07) is 7.65. The fraction of sp³-hybridized carbons (Fsp3) is 0.333. The molecule has 0 aliphatic rings. The Morgan fingerprint density at radius 2 is 2.25 bits per heavy atom. The number of nitrogens with two attached hydrogens (primary N) is 1. The van der Waals surface area contributed by atoms with E-state index in [2.05, 4.69) is 0 Å². The Bertz CT molecular complexity index is 240. The molecule has 0 aromatic heterocycles. The van der Waals surface area contributed by atoms with E-state index in [1.54, 1.807) is 11.8 Å². The summed E-state index contributed by atoms with van der Waals surface area (Å²) in [7, 11) is 0. The van der Waals surface area contributed by atoms with E-state index in [0.29, 0.717) is 6.42 Å². The van der Waals surface area contributed by atoms with E-state index < -0.39 is 0 Å². The molecule has 1 rings (SSSR count). The number of alkyl halides is 1. The van der Waals surface area contributed by atoms with Crippen LogP contribution >= 0.6 is 11.8 Å². The Morgan fingerprint density at radius 3 is 2.92 bits per heavy atom. The van der Waals surface area contributed by atoms with Gasteiger partial charge >= 0.3 is 0 Å². The van der Waals surface area contributed by atoms with Gasteiger partial charge in [0.1, 0.15) is 0 Å². The summed E-state index contributed by atoms with van der Waals surface area (Å²) in [5.74, 6) is 0.819. The van der Waals surface area contributed by atoms with Gasteiger partial charge < -0.3 is 5.73 Å². The van der Waals surface area contributed by atoms with Gasteiger partial charge in [-0.05, 0) is 24.6 Å². The topological polar surface area (TPSA) is 26.0 Å².